The fraction of sp³-hybridized carbons (Fsp3) is 0.615. The van der Waals surface area contributed by atoms with Gasteiger partial charge in [-0.25, -0.2) is 4.99 Å². The number of aliphatic imine (C=N–C) groups is 1. The van der Waals surface area contributed by atoms with Crippen LogP contribution >= 0.6 is 15.9 Å². The van der Waals surface area contributed by atoms with Crippen LogP contribution in [0, 0.1) is 39.4 Å². The van der Waals surface area contributed by atoms with E-state index in [1.807, 2.05) is 12.1 Å². The van der Waals surface area contributed by atoms with Crippen molar-refractivity contribution in [2.75, 3.05) is 0 Å². The highest BCUT2D eigenvalue weighted by Crippen LogP contribution is 2.52. The number of oxime groups is 1. The first-order valence-corrected chi connectivity index (χ1v) is 6.95. The van der Waals surface area contributed by atoms with Crippen LogP contribution in [0.25, 0.3) is 0 Å². The van der Waals surface area contributed by atoms with E-state index in [2.05, 4.69) is 26.1 Å². The van der Waals surface area contributed by atoms with Crippen molar-refractivity contribution in [2.45, 2.75) is 33.9 Å². The molecule has 1 heterocycles. The molecule has 8 heteroatoms. The molecule has 0 bridgehead atoms. The normalized spacial score (nSPS) is 30.3. The maximum absolute atomic E-state index is 12.0. The van der Waals surface area contributed by atoms with Crippen LogP contribution in [0.2, 0.25) is 0 Å². The first kappa shape index (κ1) is 17.1. The molecule has 0 saturated heterocycles. The lowest BCUT2D eigenvalue weighted by molar-refractivity contribution is -0.142. The molecule has 1 aliphatic rings. The van der Waals surface area contributed by atoms with Crippen LogP contribution in [0.1, 0.15) is 27.7 Å². The fourth-order valence-electron chi connectivity index (χ4n) is 2.28. The zero-order valence-corrected chi connectivity index (χ0v) is 13.8. The molecule has 0 radical (unpaired) electrons. The number of hydrogen-bond acceptors (Lipinski definition) is 6. The summed E-state index contributed by atoms with van der Waals surface area (Å²) in [7, 11) is 0. The summed E-state index contributed by atoms with van der Waals surface area (Å²) in [5, 5.41) is 22.8. The summed E-state index contributed by atoms with van der Waals surface area (Å²) in [5.74, 6) is -1.99. The third-order valence-electron chi connectivity index (χ3n) is 3.57. The van der Waals surface area contributed by atoms with Crippen molar-refractivity contribution in [3.05, 3.63) is 0 Å². The molecule has 0 unspecified atom stereocenters. The molecule has 1 amide bonds. The lowest BCUT2D eigenvalue weighted by Crippen LogP contribution is -2.60. The topological polar surface area (TPSA) is 125 Å². The van der Waals surface area contributed by atoms with E-state index in [9.17, 15) is 15.3 Å². The second kappa shape index (κ2) is 5.82. The van der Waals surface area contributed by atoms with E-state index in [1.165, 1.54) is 0 Å². The zero-order chi connectivity index (χ0) is 16.4. The van der Waals surface area contributed by atoms with Gasteiger partial charge in [-0.15, -0.1) is 0 Å². The van der Waals surface area contributed by atoms with Crippen LogP contribution < -0.4 is 5.73 Å². The largest absolute Gasteiger partial charge is 0.368 e. The van der Waals surface area contributed by atoms with E-state index in [-0.39, 0.29) is 4.62 Å². The van der Waals surface area contributed by atoms with Gasteiger partial charge in [0.25, 0.3) is 0 Å². The molecule has 0 fully saturated rings. The van der Waals surface area contributed by atoms with Crippen LogP contribution in [0.15, 0.2) is 10.1 Å². The zero-order valence-electron chi connectivity index (χ0n) is 12.2. The van der Waals surface area contributed by atoms with Gasteiger partial charge in [-0.05, 0) is 29.8 Å². The molecule has 0 aromatic carbocycles. The Morgan fingerprint density at radius 1 is 1.48 bits per heavy atom. The maximum Gasteiger partial charge on any atom is 0.240 e. The molecule has 112 valence electrons. The number of rotatable bonds is 3. The van der Waals surface area contributed by atoms with E-state index >= 15 is 0 Å². The molecular formula is C13H16BrN5O2. The standard InChI is InChI=1S/C13H16BrN5O2/c1-7(2)19-21-11-12(3,4)13(6-16,10(17)20)8(5-15)9(14)18-11/h8,11H,1-4H3,(H2,17,20)/t8-,11-,13+/m0/s1. The van der Waals surface area contributed by atoms with Crippen molar-refractivity contribution in [2.24, 2.45) is 32.6 Å². The highest BCUT2D eigenvalue weighted by molar-refractivity contribution is 9.18. The number of carbonyl (C=O) groups excluding carboxylic acids is 1. The highest BCUT2D eigenvalue weighted by Gasteiger charge is 2.64. The van der Waals surface area contributed by atoms with E-state index < -0.39 is 28.9 Å². The SMILES string of the molecule is CC(C)=NO[C@@H]1N=C(Br)[C@H](C#N)[C@](C#N)(C(N)=O)C1(C)C. The number of nitrogens with two attached hydrogens (primary N) is 1. The van der Waals surface area contributed by atoms with Crippen LogP contribution in [-0.2, 0) is 9.63 Å². The van der Waals surface area contributed by atoms with Crippen molar-refractivity contribution < 1.29 is 9.63 Å². The first-order chi connectivity index (χ1) is 9.65. The van der Waals surface area contributed by atoms with Gasteiger partial charge in [0.1, 0.15) is 10.5 Å². The van der Waals surface area contributed by atoms with Gasteiger partial charge < -0.3 is 10.6 Å². The van der Waals surface area contributed by atoms with E-state index in [1.54, 1.807) is 27.7 Å². The van der Waals surface area contributed by atoms with Crippen molar-refractivity contribution in [3.63, 3.8) is 0 Å². The Labute approximate surface area is 131 Å². The van der Waals surface area contributed by atoms with Gasteiger partial charge in [-0.3, -0.25) is 4.79 Å². The Morgan fingerprint density at radius 3 is 2.43 bits per heavy atom. The molecule has 7 nitrogen and oxygen atoms in total. The van der Waals surface area contributed by atoms with Gasteiger partial charge in [-0.2, -0.15) is 10.5 Å². The predicted octanol–water partition coefficient (Wildman–Crippen LogP) is 1.69. The molecule has 3 atom stereocenters. The summed E-state index contributed by atoms with van der Waals surface area (Å²) in [6.45, 7) is 6.69. The Kier molecular flexibility index (Phi) is 4.75. The Balaban J connectivity index is 3.54. The summed E-state index contributed by atoms with van der Waals surface area (Å²) in [5.41, 5.74) is 3.20. The molecule has 1 aliphatic heterocycles. The van der Waals surface area contributed by atoms with Crippen LogP contribution in [-0.4, -0.2) is 22.5 Å². The number of carbonyl (C=O) groups is 1. The number of nitrogens with zero attached hydrogens (tertiary/aromatic N) is 4. The Hall–Kier alpha value is -1.93. The highest BCUT2D eigenvalue weighted by atomic mass is 79.9. The fourth-order valence-corrected chi connectivity index (χ4v) is 2.91. The molecular weight excluding hydrogens is 338 g/mol. The number of nitriles is 2. The second-order valence-corrected chi connectivity index (χ2v) is 6.33. The minimum Gasteiger partial charge on any atom is -0.368 e. The van der Waals surface area contributed by atoms with Crippen LogP contribution in [0.3, 0.4) is 0 Å². The Morgan fingerprint density at radius 2 is 2.05 bits per heavy atom. The molecule has 0 aromatic heterocycles. The number of halogens is 1. The molecule has 0 spiro atoms. The van der Waals surface area contributed by atoms with Gasteiger partial charge in [0.2, 0.25) is 12.1 Å². The van der Waals surface area contributed by atoms with Gasteiger partial charge >= 0.3 is 0 Å². The van der Waals surface area contributed by atoms with Crippen molar-refractivity contribution in [1.29, 1.82) is 10.5 Å². The number of hydrogen-bond donors (Lipinski definition) is 1. The summed E-state index contributed by atoms with van der Waals surface area (Å²) >= 11 is 3.14. The van der Waals surface area contributed by atoms with Gasteiger partial charge in [0.15, 0.2) is 5.41 Å². The minimum atomic E-state index is -1.77. The molecule has 0 aromatic rings. The van der Waals surface area contributed by atoms with Gasteiger partial charge in [0, 0.05) is 0 Å². The van der Waals surface area contributed by atoms with E-state index in [0.29, 0.717) is 5.71 Å². The van der Waals surface area contributed by atoms with E-state index in [4.69, 9.17) is 10.6 Å². The number of amides is 1. The van der Waals surface area contributed by atoms with Crippen molar-refractivity contribution in [1.82, 2.24) is 0 Å². The average molecular weight is 354 g/mol. The smallest absolute Gasteiger partial charge is 0.240 e. The van der Waals surface area contributed by atoms with Crippen LogP contribution in [0.4, 0.5) is 0 Å². The maximum atomic E-state index is 12.0. The summed E-state index contributed by atoms with van der Waals surface area (Å²) < 4.78 is 0.152. The average Bonchev–Trinajstić information content (AvgIpc) is 2.37. The van der Waals surface area contributed by atoms with Gasteiger partial charge in [0.05, 0.1) is 23.3 Å². The van der Waals surface area contributed by atoms with Gasteiger partial charge in [-0.1, -0.05) is 19.0 Å². The molecule has 2 N–H and O–H groups in total. The predicted molar refractivity (Wildman–Crippen MR) is 80.1 cm³/mol. The Bertz CT molecular complexity index is 595. The summed E-state index contributed by atoms with van der Waals surface area (Å²) in [6.07, 6.45) is -0.918. The summed E-state index contributed by atoms with van der Waals surface area (Å²) in [4.78, 5) is 21.5. The quantitative estimate of drug-likeness (QED) is 0.611. The molecule has 21 heavy (non-hydrogen) atoms. The van der Waals surface area contributed by atoms with Crippen molar-refractivity contribution >= 4 is 32.2 Å². The van der Waals surface area contributed by atoms with E-state index in [0.717, 1.165) is 0 Å². The monoisotopic (exact) mass is 353 g/mol. The molecule has 0 aliphatic carbocycles. The summed E-state index contributed by atoms with van der Waals surface area (Å²) in [6, 6.07) is 3.85. The lowest BCUT2D eigenvalue weighted by Gasteiger charge is -2.46. The minimum absolute atomic E-state index is 0.152. The van der Waals surface area contributed by atoms with Crippen LogP contribution in [0.5, 0.6) is 0 Å². The van der Waals surface area contributed by atoms with Crippen molar-refractivity contribution in [3.8, 4) is 12.1 Å². The second-order valence-electron chi connectivity index (χ2n) is 5.52. The lowest BCUT2D eigenvalue weighted by atomic mass is 9.57. The molecule has 1 rings (SSSR count). The number of primary amides is 1. The third kappa shape index (κ3) is 2.52. The first-order valence-electron chi connectivity index (χ1n) is 6.16. The third-order valence-corrected chi connectivity index (χ3v) is 4.24. The molecule has 0 saturated carbocycles.